The van der Waals surface area contributed by atoms with Gasteiger partial charge >= 0.3 is 0 Å². The highest BCUT2D eigenvalue weighted by Gasteiger charge is 2.52. The highest BCUT2D eigenvalue weighted by molar-refractivity contribution is 7.13. The average molecular weight is 687 g/mol. The minimum absolute atomic E-state index is 0.0666. The summed E-state index contributed by atoms with van der Waals surface area (Å²) in [6, 6.07) is 27.6. The molecule has 4 heterocycles. The first-order valence-electron chi connectivity index (χ1n) is 16.9. The zero-order valence-electron chi connectivity index (χ0n) is 28.0. The number of hydrogen-bond acceptors (Lipinski definition) is 6. The van der Waals surface area contributed by atoms with E-state index in [1.165, 1.54) is 16.9 Å². The van der Waals surface area contributed by atoms with Crippen LogP contribution in [0, 0.1) is 0 Å². The molecule has 0 aliphatic carbocycles. The topological polar surface area (TPSA) is 62.4 Å². The van der Waals surface area contributed by atoms with E-state index in [1.54, 1.807) is 0 Å². The molecule has 2 N–H and O–H groups in total. The average Bonchev–Trinajstić information content (AvgIpc) is 3.83. The Morgan fingerprint density at radius 1 is 0.958 bits per heavy atom. The number of aromatic nitrogens is 2. The number of aromatic amines is 1. The van der Waals surface area contributed by atoms with Crippen molar-refractivity contribution in [3.8, 4) is 5.19 Å². The number of nitrogens with zero attached hydrogens (tertiary/aromatic N) is 2. The van der Waals surface area contributed by atoms with Crippen molar-refractivity contribution in [1.82, 2.24) is 20.2 Å². The number of halogens is 2. The Morgan fingerprint density at radius 3 is 2.27 bits per heavy atom. The van der Waals surface area contributed by atoms with Gasteiger partial charge in [0, 0.05) is 35.4 Å². The molecule has 0 saturated carbocycles. The number of thiazole rings is 1. The van der Waals surface area contributed by atoms with Gasteiger partial charge in [0.2, 0.25) is 0 Å². The SMILES string of the molecule is C[C@@H]1Cc2c([nH]c3ccccc23)[C@@H](c2cnc(O[C@@H]3CCNC3)s2)N1CC(F)(F)CO[Si](c1ccccc1)(c1ccccc1)C(C)(C)C. The highest BCUT2D eigenvalue weighted by atomic mass is 32.1. The summed E-state index contributed by atoms with van der Waals surface area (Å²) in [4.78, 5) is 11.1. The molecule has 252 valence electrons. The van der Waals surface area contributed by atoms with Crippen LogP contribution in [0.2, 0.25) is 5.04 Å². The second-order valence-corrected chi connectivity index (χ2v) is 19.6. The maximum Gasteiger partial charge on any atom is 0.282 e. The molecule has 0 amide bonds. The summed E-state index contributed by atoms with van der Waals surface area (Å²) < 4.78 is 46.3. The van der Waals surface area contributed by atoms with E-state index in [4.69, 9.17) is 9.16 Å². The first-order chi connectivity index (χ1) is 23.1. The summed E-state index contributed by atoms with van der Waals surface area (Å²) in [6.45, 7) is 8.97. The van der Waals surface area contributed by atoms with Crippen LogP contribution >= 0.6 is 11.3 Å². The number of fused-ring (bicyclic) bond motifs is 3. The van der Waals surface area contributed by atoms with Gasteiger partial charge in [-0.2, -0.15) is 0 Å². The van der Waals surface area contributed by atoms with Gasteiger partial charge in [-0.05, 0) is 53.4 Å². The van der Waals surface area contributed by atoms with Crippen molar-refractivity contribution in [2.75, 3.05) is 26.2 Å². The van der Waals surface area contributed by atoms with Crippen molar-refractivity contribution in [2.45, 2.75) is 69.7 Å². The highest BCUT2D eigenvalue weighted by Crippen LogP contribution is 2.45. The summed E-state index contributed by atoms with van der Waals surface area (Å²) in [5.41, 5.74) is 3.15. The monoisotopic (exact) mass is 686 g/mol. The molecule has 2 aliphatic rings. The molecule has 6 nitrogen and oxygen atoms in total. The molecule has 10 heteroatoms. The smallest absolute Gasteiger partial charge is 0.282 e. The van der Waals surface area contributed by atoms with Crippen molar-refractivity contribution >= 4 is 40.9 Å². The summed E-state index contributed by atoms with van der Waals surface area (Å²) in [7, 11) is -3.15. The minimum Gasteiger partial charge on any atom is -0.465 e. The van der Waals surface area contributed by atoms with Gasteiger partial charge in [-0.25, -0.2) is 13.8 Å². The third-order valence-electron chi connectivity index (χ3n) is 9.90. The van der Waals surface area contributed by atoms with Crippen LogP contribution in [-0.2, 0) is 10.8 Å². The van der Waals surface area contributed by atoms with Gasteiger partial charge < -0.3 is 19.5 Å². The van der Waals surface area contributed by atoms with E-state index in [-0.39, 0.29) is 12.1 Å². The molecule has 0 unspecified atom stereocenters. The lowest BCUT2D eigenvalue weighted by atomic mass is 9.91. The first-order valence-corrected chi connectivity index (χ1v) is 19.6. The fourth-order valence-electron chi connectivity index (χ4n) is 7.67. The van der Waals surface area contributed by atoms with Gasteiger partial charge in [-0.15, -0.1) is 0 Å². The minimum atomic E-state index is -3.15. The van der Waals surface area contributed by atoms with Crippen LogP contribution in [0.5, 0.6) is 5.19 Å². The van der Waals surface area contributed by atoms with Gasteiger partial charge in [0.1, 0.15) is 6.10 Å². The molecular weight excluding hydrogens is 643 g/mol. The molecule has 7 rings (SSSR count). The van der Waals surface area contributed by atoms with E-state index in [0.717, 1.165) is 51.4 Å². The fourth-order valence-corrected chi connectivity index (χ4v) is 13.2. The van der Waals surface area contributed by atoms with Gasteiger partial charge in [-0.3, -0.25) is 4.90 Å². The van der Waals surface area contributed by atoms with E-state index < -0.39 is 38.5 Å². The quantitative estimate of drug-likeness (QED) is 0.156. The molecule has 0 radical (unpaired) electrons. The predicted octanol–water partition coefficient (Wildman–Crippen LogP) is 6.91. The second-order valence-electron chi connectivity index (χ2n) is 14.3. The summed E-state index contributed by atoms with van der Waals surface area (Å²) in [5.74, 6) is -3.14. The number of rotatable bonds is 10. The Labute approximate surface area is 286 Å². The normalized spacial score (nSPS) is 20.7. The van der Waals surface area contributed by atoms with E-state index in [0.29, 0.717) is 11.6 Å². The summed E-state index contributed by atoms with van der Waals surface area (Å²) in [5, 5.41) is 6.62. The lowest BCUT2D eigenvalue weighted by Gasteiger charge is -2.45. The Kier molecular flexibility index (Phi) is 9.06. The molecular formula is C38H44F2N4O2SSi. The third kappa shape index (κ3) is 6.25. The standard InChI is InChI=1S/C38H44F2N4O2SSi/c1-26-21-31-30-17-11-12-18-32(30)43-34(31)35(33-23-42-36(47-33)46-27-19-20-41-22-27)44(26)24-38(39,40)25-45-48(37(2,3)4,28-13-7-5-8-14-28)29-15-9-6-10-16-29/h5-18,23,26-27,35,41,43H,19-22,24-25H2,1-4H3/t26-,27-,35-/m1/s1. The molecule has 2 aromatic heterocycles. The molecule has 3 aromatic carbocycles. The summed E-state index contributed by atoms with van der Waals surface area (Å²) in [6.07, 6.45) is 3.46. The molecule has 1 fully saturated rings. The number of alkyl halides is 2. The third-order valence-corrected chi connectivity index (χ3v) is 15.8. The molecule has 3 atom stereocenters. The number of hydrogen-bond donors (Lipinski definition) is 2. The zero-order chi connectivity index (χ0) is 33.5. The van der Waals surface area contributed by atoms with Crippen molar-refractivity contribution < 1.29 is 17.9 Å². The number of para-hydroxylation sites is 1. The molecule has 5 aromatic rings. The Balaban J connectivity index is 1.23. The van der Waals surface area contributed by atoms with Gasteiger partial charge in [0.15, 0.2) is 0 Å². The molecule has 48 heavy (non-hydrogen) atoms. The number of nitrogens with one attached hydrogen (secondary N) is 2. The molecule has 2 aliphatic heterocycles. The number of benzene rings is 3. The van der Waals surface area contributed by atoms with Crippen LogP contribution in [0.15, 0.2) is 91.1 Å². The largest absolute Gasteiger partial charge is 0.465 e. The Bertz CT molecular complexity index is 1800. The van der Waals surface area contributed by atoms with E-state index in [2.05, 4.69) is 55.1 Å². The second kappa shape index (κ2) is 13.1. The van der Waals surface area contributed by atoms with E-state index >= 15 is 8.78 Å². The first kappa shape index (κ1) is 33.1. The molecule has 1 saturated heterocycles. The predicted molar refractivity (Wildman–Crippen MR) is 193 cm³/mol. The van der Waals surface area contributed by atoms with Crippen LogP contribution < -0.4 is 20.4 Å². The maximum absolute atomic E-state index is 16.7. The number of ether oxygens (including phenoxy) is 1. The van der Waals surface area contributed by atoms with Crippen molar-refractivity contribution in [2.24, 2.45) is 0 Å². The van der Waals surface area contributed by atoms with E-state index in [9.17, 15) is 0 Å². The van der Waals surface area contributed by atoms with Crippen molar-refractivity contribution in [3.05, 3.63) is 107 Å². The number of H-pyrrole nitrogens is 1. The summed E-state index contributed by atoms with van der Waals surface area (Å²) >= 11 is 1.46. The van der Waals surface area contributed by atoms with Crippen LogP contribution in [0.4, 0.5) is 8.78 Å². The lowest BCUT2D eigenvalue weighted by molar-refractivity contribution is -0.0818. The van der Waals surface area contributed by atoms with Crippen LogP contribution in [0.3, 0.4) is 0 Å². The van der Waals surface area contributed by atoms with Gasteiger partial charge in [-0.1, -0.05) is 111 Å². The molecule has 0 bridgehead atoms. The molecule has 0 spiro atoms. The van der Waals surface area contributed by atoms with Gasteiger partial charge in [0.25, 0.3) is 19.4 Å². The van der Waals surface area contributed by atoms with Crippen LogP contribution in [0.25, 0.3) is 10.9 Å². The lowest BCUT2D eigenvalue weighted by Crippen LogP contribution is -2.67. The van der Waals surface area contributed by atoms with Gasteiger partial charge in [0.05, 0.1) is 24.1 Å². The van der Waals surface area contributed by atoms with Crippen LogP contribution in [-0.4, -0.2) is 67.5 Å². The Morgan fingerprint density at radius 2 is 1.62 bits per heavy atom. The Hall–Kier alpha value is -3.41. The van der Waals surface area contributed by atoms with Crippen LogP contribution in [0.1, 0.15) is 56.3 Å². The maximum atomic E-state index is 16.7. The zero-order valence-corrected chi connectivity index (χ0v) is 29.8. The van der Waals surface area contributed by atoms with E-state index in [1.807, 2.05) is 83.9 Å². The fraction of sp³-hybridized carbons (Fsp3) is 0.395. The van der Waals surface area contributed by atoms with Crippen molar-refractivity contribution in [3.63, 3.8) is 0 Å². The van der Waals surface area contributed by atoms with Crippen molar-refractivity contribution in [1.29, 1.82) is 0 Å².